The number of fused-ring (bicyclic) bond motifs is 2. The van der Waals surface area contributed by atoms with Gasteiger partial charge in [-0.05, 0) is 61.2 Å². The lowest BCUT2D eigenvalue weighted by Crippen LogP contribution is -2.62. The highest BCUT2D eigenvalue weighted by Gasteiger charge is 2.45. The molecule has 2 aliphatic rings. The molecule has 12 amide bonds. The minimum absolute atomic E-state index is 0.0894. The first-order valence-electron chi connectivity index (χ1n) is 31.9. The van der Waals surface area contributed by atoms with Gasteiger partial charge < -0.3 is 119 Å². The van der Waals surface area contributed by atoms with Gasteiger partial charge in [0.05, 0.1) is 44.9 Å². The molecule has 2 aromatic heterocycles. The molecule has 2 fully saturated rings. The number of esters is 1. The summed E-state index contributed by atoms with van der Waals surface area (Å²) in [5.74, 6) is -28.6. The second-order valence-corrected chi connectivity index (χ2v) is 24.2. The molecule has 0 aliphatic carbocycles. The Balaban J connectivity index is 1.39. The third-order valence-electron chi connectivity index (χ3n) is 16.3. The normalized spacial score (nSPS) is 24.3. The average Bonchev–Trinajstić information content (AvgIpc) is 1.76. The lowest BCUT2D eigenvalue weighted by Gasteiger charge is -2.29. The van der Waals surface area contributed by atoms with Crippen molar-refractivity contribution in [2.45, 2.75) is 132 Å². The van der Waals surface area contributed by atoms with E-state index in [9.17, 15) is 112 Å². The van der Waals surface area contributed by atoms with Gasteiger partial charge in [-0.2, -0.15) is 0 Å². The summed E-state index contributed by atoms with van der Waals surface area (Å²) in [6, 6.07) is -3.53. The number of benzene rings is 3. The van der Waals surface area contributed by atoms with Crippen molar-refractivity contribution in [2.24, 2.45) is 11.7 Å². The van der Waals surface area contributed by atoms with E-state index in [4.69, 9.17) is 15.2 Å². The minimum atomic E-state index is -2.74. The predicted octanol–water partition coefficient (Wildman–Crippen LogP) is -5.99. The van der Waals surface area contributed by atoms with E-state index in [0.29, 0.717) is 21.8 Å². The first-order valence-corrected chi connectivity index (χ1v) is 31.9. The lowest BCUT2D eigenvalue weighted by atomic mass is 9.96. The van der Waals surface area contributed by atoms with Crippen LogP contribution in [0.2, 0.25) is 0 Å². The number of carbonyl (C=O) groups excluding carboxylic acids is 13. The summed E-state index contributed by atoms with van der Waals surface area (Å²) in [5, 5.41) is 95.8. The Morgan fingerprint density at radius 1 is 0.610 bits per heavy atom. The summed E-state index contributed by atoms with van der Waals surface area (Å²) in [4.78, 5) is 240. The van der Waals surface area contributed by atoms with Crippen molar-refractivity contribution in [2.75, 3.05) is 13.2 Å². The Kier molecular flexibility index (Phi) is 27.0. The van der Waals surface area contributed by atoms with E-state index in [1.165, 1.54) is 19.3 Å². The largest absolute Gasteiger partial charge is 0.508 e. The number of nitrogens with one attached hydrogen (secondary N) is 13. The van der Waals surface area contributed by atoms with Crippen LogP contribution in [0.3, 0.4) is 0 Å². The van der Waals surface area contributed by atoms with Gasteiger partial charge in [0.25, 0.3) is 5.91 Å². The minimum Gasteiger partial charge on any atom is -0.508 e. The number of carbonyl (C=O) groups is 17. The summed E-state index contributed by atoms with van der Waals surface area (Å²) in [5.41, 5.74) is 5.31. The van der Waals surface area contributed by atoms with Crippen LogP contribution in [0.1, 0.15) is 69.2 Å². The fourth-order valence-corrected chi connectivity index (χ4v) is 10.8. The molecule has 2 saturated heterocycles. The summed E-state index contributed by atoms with van der Waals surface area (Å²) >= 11 is 0. The molecule has 5 aromatic rings. The van der Waals surface area contributed by atoms with E-state index in [-0.39, 0.29) is 16.7 Å². The second kappa shape index (κ2) is 35.6. The van der Waals surface area contributed by atoms with Crippen molar-refractivity contribution in [3.05, 3.63) is 108 Å². The number of phenolic OH excluding ortho intramolecular Hbond substituents is 1. The number of primary amides is 1. The predicted molar refractivity (Wildman–Crippen MR) is 354 cm³/mol. The number of hydrogen-bond donors (Lipinski definition) is 21. The molecule has 560 valence electrons. The molecular weight excluding hydrogens is 1390 g/mol. The average molecular weight is 1470 g/mol. The number of aliphatic hydroxyl groups is 2. The maximum atomic E-state index is 15.3. The highest BCUT2D eigenvalue weighted by Crippen LogP contribution is 2.25. The molecule has 14 unspecified atom stereocenters. The zero-order valence-electron chi connectivity index (χ0n) is 55.7. The monoisotopic (exact) mass is 1470 g/mol. The molecule has 14 atom stereocenters. The summed E-state index contributed by atoms with van der Waals surface area (Å²) in [7, 11) is 0. The first-order chi connectivity index (χ1) is 49.6. The van der Waals surface area contributed by atoms with Gasteiger partial charge in [0.2, 0.25) is 65.0 Å². The number of carboxylic acids is 4. The Bertz CT molecular complexity index is 4250. The summed E-state index contributed by atoms with van der Waals surface area (Å²) in [6.07, 6.45) is -8.55. The third-order valence-corrected chi connectivity index (χ3v) is 16.3. The number of aliphatic hydroxyl groups excluding tert-OH is 2. The number of hydrogen-bond acceptors (Lipinski definition) is 22. The molecule has 2 aliphatic heterocycles. The van der Waals surface area contributed by atoms with Crippen molar-refractivity contribution in [1.29, 1.82) is 0 Å². The lowest BCUT2D eigenvalue weighted by molar-refractivity contribution is -0.150. The number of para-hydroxylation sites is 2. The molecular formula is C65H74N14O26. The number of phenols is 1. The molecule has 0 bridgehead atoms. The standard InChI is InChI=1S/C65H74N14O26/c1-26(16-44(83)84)48-60(98)74-41(18-31-23-68-36-11-7-5-9-34(31)36)65(103)105-27(2)49(78-59(97)42(25-80)75-64(102)53-28(3)104-53)61(99)72-37(17-30-22-67-35-10-6-4-8-33(30)35)56(94)70-39(20-46(87)88)57(95)71-40(21-47(89)90)58(96)79-50(29-12-14-32(81)15-13-29)62(100)73-38(19-45(85)86)55(93)69-24-43(82)76-51(63(101)77-48)52(91)54(66)92/h4-15,18,22-23,26-28,37-40,42,48-53,67-68,80-81,91H,16-17,19-21,24-25H2,1-3H3,(H2,66,92)(H,69,93)(H,70,94)(H,71,95)(H,72,99)(H,73,100)(H,74,98)(H,75,102)(H,76,82)(H,77,101)(H,78,97)(H,79,96)(H,83,84)(H,85,86)(H,87,88)(H,89,90). The Labute approximate surface area is 591 Å². The van der Waals surface area contributed by atoms with E-state index in [0.717, 1.165) is 44.2 Å². The van der Waals surface area contributed by atoms with Crippen LogP contribution in [0, 0.1) is 5.92 Å². The van der Waals surface area contributed by atoms with Gasteiger partial charge in [-0.1, -0.05) is 55.5 Å². The van der Waals surface area contributed by atoms with Crippen molar-refractivity contribution < 1.29 is 127 Å². The maximum absolute atomic E-state index is 15.3. The van der Waals surface area contributed by atoms with Crippen LogP contribution in [-0.4, -0.2) is 232 Å². The van der Waals surface area contributed by atoms with E-state index >= 15 is 4.79 Å². The zero-order chi connectivity index (χ0) is 77.3. The number of ether oxygens (including phenoxy) is 2. The van der Waals surface area contributed by atoms with Crippen LogP contribution in [0.15, 0.2) is 90.9 Å². The zero-order valence-corrected chi connectivity index (χ0v) is 55.7. The maximum Gasteiger partial charge on any atom is 0.355 e. The molecule has 0 radical (unpaired) electrons. The fourth-order valence-electron chi connectivity index (χ4n) is 10.8. The number of aliphatic carboxylic acids is 4. The molecule has 7 rings (SSSR count). The van der Waals surface area contributed by atoms with Gasteiger partial charge in [-0.3, -0.25) is 76.7 Å². The highest BCUT2D eigenvalue weighted by atomic mass is 16.6. The molecule has 22 N–H and O–H groups in total. The van der Waals surface area contributed by atoms with Crippen LogP contribution in [0.25, 0.3) is 27.9 Å². The van der Waals surface area contributed by atoms with Crippen molar-refractivity contribution >= 4 is 129 Å². The number of aromatic amines is 2. The molecule has 105 heavy (non-hydrogen) atoms. The Morgan fingerprint density at radius 3 is 1.71 bits per heavy atom. The van der Waals surface area contributed by atoms with Crippen molar-refractivity contribution in [1.82, 2.24) is 68.5 Å². The fraction of sp³-hybridized carbons (Fsp3) is 0.369. The van der Waals surface area contributed by atoms with Gasteiger partial charge in [0.1, 0.15) is 71.9 Å². The van der Waals surface area contributed by atoms with Gasteiger partial charge in [0.15, 0.2) is 12.2 Å². The smallest absolute Gasteiger partial charge is 0.355 e. The number of carboxylic acid groups (broad SMARTS) is 4. The van der Waals surface area contributed by atoms with Gasteiger partial charge in [-0.15, -0.1) is 0 Å². The van der Waals surface area contributed by atoms with Crippen molar-refractivity contribution in [3.63, 3.8) is 0 Å². The highest BCUT2D eigenvalue weighted by molar-refractivity contribution is 6.05. The molecule has 40 heteroatoms. The van der Waals surface area contributed by atoms with E-state index in [1.807, 2.05) is 21.3 Å². The van der Waals surface area contributed by atoms with Crippen LogP contribution >= 0.6 is 0 Å². The Hall–Kier alpha value is -12.9. The van der Waals surface area contributed by atoms with Gasteiger partial charge in [-0.25, -0.2) is 4.79 Å². The molecule has 0 saturated carbocycles. The number of rotatable bonds is 20. The number of amides is 12. The molecule has 4 heterocycles. The number of cyclic esters (lactones) is 1. The molecule has 0 spiro atoms. The number of H-pyrrole nitrogens is 2. The molecule has 3 aromatic carbocycles. The quantitative estimate of drug-likeness (QED) is 0.0196. The van der Waals surface area contributed by atoms with Gasteiger partial charge >= 0.3 is 29.8 Å². The SMILES string of the molecule is CC(CC(=O)O)C1NC(=O)C(C(O)C(N)=O)NC(=O)CNC(=O)C(CC(=O)O)NC(=O)C(c2ccc(O)cc2)NC(=O)C(CC(=O)O)NC(=O)C(CC(=O)O)NC(=O)C(Cc2c[nH]c3ccccc23)NC(=O)C(NC(=O)C(CO)NC(=O)C2OC2C)C(C)OC(=O)C(=Cc2c[nH]c3ccccc23)NC1=O. The number of aromatic nitrogens is 2. The van der Waals surface area contributed by atoms with Crippen molar-refractivity contribution in [3.8, 4) is 5.75 Å². The van der Waals surface area contributed by atoms with E-state index in [2.05, 4.69) is 47.2 Å². The topological polar surface area (TPSA) is 643 Å². The van der Waals surface area contributed by atoms with Crippen LogP contribution < -0.4 is 64.2 Å². The van der Waals surface area contributed by atoms with Crippen LogP contribution in [0.4, 0.5) is 0 Å². The first kappa shape index (κ1) is 79.5. The van der Waals surface area contributed by atoms with Gasteiger partial charge in [0, 0.05) is 46.2 Å². The second-order valence-electron chi connectivity index (χ2n) is 24.2. The van der Waals surface area contributed by atoms with E-state index in [1.54, 1.807) is 48.5 Å². The van der Waals surface area contributed by atoms with Crippen LogP contribution in [-0.2, 0) is 97.4 Å². The summed E-state index contributed by atoms with van der Waals surface area (Å²) < 4.78 is 11.0. The van der Waals surface area contributed by atoms with Crippen LogP contribution in [0.5, 0.6) is 5.75 Å². The number of nitrogens with two attached hydrogens (primary N) is 1. The number of aromatic hydroxyl groups is 1. The molecule has 40 nitrogen and oxygen atoms in total. The van der Waals surface area contributed by atoms with E-state index < -0.39 is 242 Å². The Morgan fingerprint density at radius 2 is 1.14 bits per heavy atom. The summed E-state index contributed by atoms with van der Waals surface area (Å²) in [6.45, 7) is 1.07. The third kappa shape index (κ3) is 21.8. The number of epoxide rings is 1.